The number of hydrogen-bond donors (Lipinski definition) is 0. The van der Waals surface area contributed by atoms with Crippen LogP contribution in [0, 0.1) is 22.2 Å². The second-order valence-corrected chi connectivity index (χ2v) is 24.0. The molecule has 0 saturated carbocycles. The molecule has 2 unspecified atom stereocenters. The van der Waals surface area contributed by atoms with Crippen LogP contribution in [-0.4, -0.2) is 6.71 Å². The Labute approximate surface area is 382 Å². The topological polar surface area (TPSA) is 6.48 Å². The quantitative estimate of drug-likeness (QED) is 0.277. The molecule has 0 saturated heterocycles. The molecule has 2 heterocycles. The van der Waals surface area contributed by atoms with E-state index in [2.05, 4.69) is 203 Å². The van der Waals surface area contributed by atoms with E-state index >= 15 is 0 Å². The van der Waals surface area contributed by atoms with Crippen molar-refractivity contribution in [3.8, 4) is 0 Å². The highest BCUT2D eigenvalue weighted by Crippen LogP contribution is 2.56. The van der Waals surface area contributed by atoms with Crippen molar-refractivity contribution in [2.75, 3.05) is 9.80 Å². The molecule has 2 aromatic rings. The zero-order valence-electron chi connectivity index (χ0n) is 41.2. The van der Waals surface area contributed by atoms with Gasteiger partial charge in [-0.3, -0.25) is 0 Å². The highest BCUT2D eigenvalue weighted by Gasteiger charge is 2.51. The normalized spacial score (nSPS) is 22.5. The molecule has 63 heavy (non-hydrogen) atoms. The third-order valence-electron chi connectivity index (χ3n) is 15.6. The van der Waals surface area contributed by atoms with E-state index < -0.39 is 0 Å². The smallest absolute Gasteiger partial charge is 0.251 e. The first-order valence-electron chi connectivity index (χ1n) is 24.6. The maximum absolute atomic E-state index is 2.80. The van der Waals surface area contributed by atoms with Crippen LogP contribution in [0.15, 0.2) is 154 Å². The van der Waals surface area contributed by atoms with Crippen LogP contribution in [0.2, 0.25) is 0 Å². The van der Waals surface area contributed by atoms with Crippen molar-refractivity contribution in [1.29, 1.82) is 0 Å². The van der Waals surface area contributed by atoms with Gasteiger partial charge in [0.15, 0.2) is 0 Å². The minimum Gasteiger partial charge on any atom is -0.315 e. The van der Waals surface area contributed by atoms with Crippen LogP contribution in [0.5, 0.6) is 0 Å². The van der Waals surface area contributed by atoms with Gasteiger partial charge in [0.1, 0.15) is 0 Å². The first-order valence-corrected chi connectivity index (χ1v) is 24.6. The predicted molar refractivity (Wildman–Crippen MR) is 274 cm³/mol. The van der Waals surface area contributed by atoms with Crippen LogP contribution >= 0.6 is 0 Å². The molecule has 0 bridgehead atoms. The Kier molecular flexibility index (Phi) is 10.8. The third-order valence-corrected chi connectivity index (χ3v) is 15.6. The van der Waals surface area contributed by atoms with E-state index in [1.54, 1.807) is 11.1 Å². The van der Waals surface area contributed by atoms with Gasteiger partial charge in [-0.05, 0) is 148 Å². The zero-order chi connectivity index (χ0) is 44.9. The van der Waals surface area contributed by atoms with Gasteiger partial charge in [-0.2, -0.15) is 0 Å². The number of benzene rings is 2. The number of fused-ring (bicyclic) bond motifs is 4. The van der Waals surface area contributed by atoms with Gasteiger partial charge in [-0.1, -0.05) is 180 Å². The van der Waals surface area contributed by atoms with E-state index in [1.165, 1.54) is 72.8 Å². The summed E-state index contributed by atoms with van der Waals surface area (Å²) in [7, 11) is 0. The minimum atomic E-state index is -0.175. The lowest BCUT2D eigenvalue weighted by molar-refractivity contribution is 0.332. The Morgan fingerprint density at radius 3 is 1.79 bits per heavy atom. The second kappa shape index (κ2) is 15.6. The lowest BCUT2D eigenvalue weighted by atomic mass is 9.31. The van der Waals surface area contributed by atoms with E-state index in [9.17, 15) is 0 Å². The monoisotopic (exact) mass is 835 g/mol. The minimum absolute atomic E-state index is 0.00957. The lowest BCUT2D eigenvalue weighted by Gasteiger charge is -2.52. The fourth-order valence-electron chi connectivity index (χ4n) is 11.6. The van der Waals surface area contributed by atoms with E-state index in [0.29, 0.717) is 0 Å². The summed E-state index contributed by atoms with van der Waals surface area (Å²) < 4.78 is 0. The Morgan fingerprint density at radius 1 is 0.571 bits per heavy atom. The molecule has 2 aromatic carbocycles. The Bertz CT molecular complexity index is 2540. The fraction of sp³-hybridized carbons (Fsp3) is 0.467. The van der Waals surface area contributed by atoms with Gasteiger partial charge < -0.3 is 9.80 Å². The first-order chi connectivity index (χ1) is 29.7. The number of allylic oxidation sites excluding steroid dienone is 18. The average Bonchev–Trinajstić information content (AvgIpc) is 3.25. The maximum Gasteiger partial charge on any atom is 0.251 e. The van der Waals surface area contributed by atoms with Crippen molar-refractivity contribution in [2.24, 2.45) is 22.2 Å². The average molecular weight is 835 g/mol. The molecule has 0 radical (unpaired) electrons. The highest BCUT2D eigenvalue weighted by atomic mass is 15.2. The molecule has 2 atom stereocenters. The van der Waals surface area contributed by atoms with Crippen LogP contribution in [0.4, 0.5) is 11.4 Å². The van der Waals surface area contributed by atoms with Gasteiger partial charge in [0.05, 0.1) is 0 Å². The summed E-state index contributed by atoms with van der Waals surface area (Å²) in [6.45, 7) is 31.4. The van der Waals surface area contributed by atoms with Crippen molar-refractivity contribution < 1.29 is 0 Å². The van der Waals surface area contributed by atoms with Crippen LogP contribution in [0.25, 0.3) is 0 Å². The molecular weight excluding hydrogens is 759 g/mol. The summed E-state index contributed by atoms with van der Waals surface area (Å²) in [6, 6.07) is 15.1. The van der Waals surface area contributed by atoms with Crippen LogP contribution in [-0.2, 0) is 10.8 Å². The van der Waals surface area contributed by atoms with Gasteiger partial charge in [0.2, 0.25) is 0 Å². The molecule has 0 N–H and O–H groups in total. The summed E-state index contributed by atoms with van der Waals surface area (Å²) in [5.74, 6) is 0.237. The van der Waals surface area contributed by atoms with Gasteiger partial charge in [0, 0.05) is 39.6 Å². The molecule has 2 nitrogen and oxygen atoms in total. The largest absolute Gasteiger partial charge is 0.315 e. The van der Waals surface area contributed by atoms with E-state index in [4.69, 9.17) is 0 Å². The van der Waals surface area contributed by atoms with Gasteiger partial charge >= 0.3 is 0 Å². The summed E-state index contributed by atoms with van der Waals surface area (Å²) >= 11 is 0. The molecule has 0 aromatic heterocycles. The van der Waals surface area contributed by atoms with Crippen molar-refractivity contribution in [1.82, 2.24) is 0 Å². The molecule has 0 fully saturated rings. The summed E-state index contributed by atoms with van der Waals surface area (Å²) in [4.78, 5) is 5.59. The van der Waals surface area contributed by atoms with Gasteiger partial charge in [-0.25, -0.2) is 0 Å². The predicted octanol–water partition coefficient (Wildman–Crippen LogP) is 15.1. The van der Waals surface area contributed by atoms with Crippen molar-refractivity contribution in [3.63, 3.8) is 0 Å². The molecule has 0 amide bonds. The SMILES string of the molecule is CC(C)(C)C1=CCCC(N2C3=CC(C(C)(C4=CCCC=C4)C4=CC=CCC4)CC4=C3B(c3ccc(C(C)(C)C)cc32)c2ccc(C(C)(C)C)cc2N4C2=CCCC(C(C)(C)C)=C2)=C1. The lowest BCUT2D eigenvalue weighted by Crippen LogP contribution is -2.59. The fourth-order valence-corrected chi connectivity index (χ4v) is 11.6. The molecule has 328 valence electrons. The van der Waals surface area contributed by atoms with E-state index in [0.717, 1.165) is 57.8 Å². The van der Waals surface area contributed by atoms with Crippen molar-refractivity contribution >= 4 is 29.0 Å². The molecule has 9 rings (SSSR count). The number of rotatable bonds is 5. The zero-order valence-corrected chi connectivity index (χ0v) is 41.2. The third kappa shape index (κ3) is 7.72. The number of anilines is 2. The Balaban J connectivity index is 1.40. The molecular formula is C60H75BN2. The van der Waals surface area contributed by atoms with Crippen molar-refractivity contribution in [2.45, 2.75) is 159 Å². The molecule has 5 aliphatic carbocycles. The Hall–Kier alpha value is -4.50. The van der Waals surface area contributed by atoms with Crippen molar-refractivity contribution in [3.05, 3.63) is 165 Å². The molecule has 2 aliphatic heterocycles. The molecule has 3 heteroatoms. The van der Waals surface area contributed by atoms with E-state index in [1.807, 2.05) is 0 Å². The first kappa shape index (κ1) is 43.7. The van der Waals surface area contributed by atoms with E-state index in [-0.39, 0.29) is 39.7 Å². The van der Waals surface area contributed by atoms with Crippen LogP contribution < -0.4 is 20.7 Å². The summed E-state index contributed by atoms with van der Waals surface area (Å²) in [6.07, 6.45) is 37.4. The maximum atomic E-state index is 2.80. The standard InChI is InChI=1S/C60H75BN2/c1-56(2,3)42-26-20-28-47(34-42)62-51-36-44(58(7,8)9)30-32-49(51)61-50-33-31-45(59(10,11)12)37-52(50)63(48-29-21-27-43(35-48)57(4,5)6)54-39-46(38-53(62)55(54)61)60(13,40-22-16-14-17-23-40)41-24-18-15-19-25-41/h14,16,18,22,24-26,29-38,46H,15,17,19-21,23,27-28,39H2,1-13H3. The number of nitrogens with zero attached hydrogens (tertiary/aromatic N) is 2. The van der Waals surface area contributed by atoms with Crippen LogP contribution in [0.1, 0.15) is 159 Å². The number of hydrogen-bond acceptors (Lipinski definition) is 2. The highest BCUT2D eigenvalue weighted by molar-refractivity contribution is 6.94. The summed E-state index contributed by atoms with van der Waals surface area (Å²) in [5.41, 5.74) is 21.7. The van der Waals surface area contributed by atoms with Gasteiger partial charge in [-0.15, -0.1) is 0 Å². The molecule has 0 spiro atoms. The second-order valence-electron chi connectivity index (χ2n) is 24.0. The van der Waals surface area contributed by atoms with Crippen LogP contribution in [0.3, 0.4) is 0 Å². The Morgan fingerprint density at radius 2 is 1.21 bits per heavy atom. The molecule has 7 aliphatic rings. The van der Waals surface area contributed by atoms with Gasteiger partial charge in [0.25, 0.3) is 6.71 Å². The summed E-state index contributed by atoms with van der Waals surface area (Å²) in [5, 5.41) is 0.